The van der Waals surface area contributed by atoms with Crippen LogP contribution in [0.3, 0.4) is 0 Å². The third-order valence-electron chi connectivity index (χ3n) is 3.35. The minimum atomic E-state index is -0.333. The van der Waals surface area contributed by atoms with E-state index in [1.54, 1.807) is 0 Å². The van der Waals surface area contributed by atoms with E-state index >= 15 is 0 Å². The Morgan fingerprint density at radius 3 is 2.40 bits per heavy atom. The van der Waals surface area contributed by atoms with E-state index in [1.165, 1.54) is 7.11 Å². The number of hydrogen-bond acceptors (Lipinski definition) is 4. The topological polar surface area (TPSA) is 44.8 Å². The maximum atomic E-state index is 11.1. The Hall–Kier alpha value is -0.610. The van der Waals surface area contributed by atoms with Gasteiger partial charge in [0.25, 0.3) is 0 Å². The minimum absolute atomic E-state index is 0.166. The predicted octanol–water partition coefficient (Wildman–Crippen LogP) is 1.93. The van der Waals surface area contributed by atoms with Gasteiger partial charge in [0, 0.05) is 0 Å². The first kappa shape index (κ1) is 12.5. The zero-order valence-corrected chi connectivity index (χ0v) is 9.86. The zero-order chi connectivity index (χ0) is 11.4. The van der Waals surface area contributed by atoms with Crippen LogP contribution in [-0.4, -0.2) is 25.3 Å². The van der Waals surface area contributed by atoms with E-state index in [9.17, 15) is 4.79 Å². The van der Waals surface area contributed by atoms with Gasteiger partial charge in [0.2, 0.25) is 0 Å². The molecule has 4 unspecified atom stereocenters. The number of rotatable bonds is 4. The summed E-state index contributed by atoms with van der Waals surface area (Å²) in [7, 11) is 1.33. The predicted molar refractivity (Wildman–Crippen MR) is 55.0 cm³/mol. The first-order valence-electron chi connectivity index (χ1n) is 5.45. The lowest BCUT2D eigenvalue weighted by molar-refractivity contribution is -0.255. The second-order valence-corrected chi connectivity index (χ2v) is 4.26. The summed E-state index contributed by atoms with van der Waals surface area (Å²) in [4.78, 5) is 19.8. The van der Waals surface area contributed by atoms with Gasteiger partial charge in [0.1, 0.15) is 0 Å². The lowest BCUT2D eigenvalue weighted by atomic mass is 9.89. The Balaban J connectivity index is 2.31. The summed E-state index contributed by atoms with van der Waals surface area (Å²) in [5.74, 6) is 0.712. The number of hydrogen-bond donors (Lipinski definition) is 0. The van der Waals surface area contributed by atoms with E-state index in [2.05, 4.69) is 30.5 Å². The summed E-state index contributed by atoms with van der Waals surface area (Å²) in [5.41, 5.74) is 0. The second-order valence-electron chi connectivity index (χ2n) is 4.26. The van der Waals surface area contributed by atoms with Crippen molar-refractivity contribution in [3.63, 3.8) is 0 Å². The molecular formula is C11H20O4. The van der Waals surface area contributed by atoms with Crippen molar-refractivity contribution in [3.05, 3.63) is 0 Å². The molecule has 0 aromatic carbocycles. The molecule has 0 amide bonds. The molecule has 15 heavy (non-hydrogen) atoms. The van der Waals surface area contributed by atoms with Crippen LogP contribution in [0.1, 0.15) is 33.6 Å². The van der Waals surface area contributed by atoms with Crippen LogP contribution in [0.2, 0.25) is 0 Å². The second kappa shape index (κ2) is 5.47. The lowest BCUT2D eigenvalue weighted by Gasteiger charge is -2.14. The van der Waals surface area contributed by atoms with Crippen LogP contribution in [-0.2, 0) is 19.3 Å². The van der Waals surface area contributed by atoms with Crippen LogP contribution in [0, 0.1) is 11.8 Å². The van der Waals surface area contributed by atoms with Crippen LogP contribution < -0.4 is 0 Å². The zero-order valence-electron chi connectivity index (χ0n) is 9.86. The molecule has 0 aromatic rings. The van der Waals surface area contributed by atoms with Crippen molar-refractivity contribution in [1.29, 1.82) is 0 Å². The van der Waals surface area contributed by atoms with Gasteiger partial charge in [-0.1, -0.05) is 13.8 Å². The summed E-state index contributed by atoms with van der Waals surface area (Å²) in [5, 5.41) is 0. The van der Waals surface area contributed by atoms with Crippen molar-refractivity contribution in [2.75, 3.05) is 7.11 Å². The molecule has 0 spiro atoms. The van der Waals surface area contributed by atoms with E-state index in [4.69, 9.17) is 4.74 Å². The molecule has 4 heteroatoms. The van der Waals surface area contributed by atoms with Crippen LogP contribution >= 0.6 is 0 Å². The third kappa shape index (κ3) is 3.18. The van der Waals surface area contributed by atoms with Crippen LogP contribution in [0.15, 0.2) is 0 Å². The quantitative estimate of drug-likeness (QED) is 0.532. The van der Waals surface area contributed by atoms with Crippen molar-refractivity contribution in [3.8, 4) is 0 Å². The fourth-order valence-corrected chi connectivity index (χ4v) is 2.02. The van der Waals surface area contributed by atoms with Gasteiger partial charge in [-0.15, -0.1) is 0 Å². The van der Waals surface area contributed by atoms with E-state index in [0.29, 0.717) is 24.7 Å². The Bertz CT molecular complexity index is 217. The van der Waals surface area contributed by atoms with E-state index < -0.39 is 0 Å². The molecule has 0 bridgehead atoms. The van der Waals surface area contributed by atoms with Crippen molar-refractivity contribution in [1.82, 2.24) is 0 Å². The fourth-order valence-electron chi connectivity index (χ4n) is 2.02. The molecule has 0 saturated carbocycles. The highest BCUT2D eigenvalue weighted by Crippen LogP contribution is 2.33. The van der Waals surface area contributed by atoms with Gasteiger partial charge in [-0.25, -0.2) is 4.79 Å². The van der Waals surface area contributed by atoms with Crippen LogP contribution in [0.4, 0.5) is 0 Å². The average molecular weight is 216 g/mol. The Morgan fingerprint density at radius 2 is 1.93 bits per heavy atom. The van der Waals surface area contributed by atoms with E-state index in [-0.39, 0.29) is 18.2 Å². The number of carbonyl (C=O) groups excluding carboxylic acids is 1. The molecular weight excluding hydrogens is 196 g/mol. The highest BCUT2D eigenvalue weighted by molar-refractivity contribution is 5.68. The van der Waals surface area contributed by atoms with Crippen LogP contribution in [0.5, 0.6) is 0 Å². The Morgan fingerprint density at radius 1 is 1.27 bits per heavy atom. The summed E-state index contributed by atoms with van der Waals surface area (Å²) < 4.78 is 5.77. The Kier molecular flexibility index (Phi) is 4.54. The fraction of sp³-hybridized carbons (Fsp3) is 0.909. The van der Waals surface area contributed by atoms with Gasteiger partial charge in [0.15, 0.2) is 0 Å². The van der Waals surface area contributed by atoms with Crippen molar-refractivity contribution >= 4 is 5.97 Å². The first-order chi connectivity index (χ1) is 7.06. The number of ether oxygens (including phenoxy) is 1. The molecule has 1 rings (SSSR count). The maximum Gasteiger partial charge on any atom is 0.342 e. The molecule has 4 nitrogen and oxygen atoms in total. The molecule has 0 aromatic heterocycles. The van der Waals surface area contributed by atoms with E-state index in [1.807, 2.05) is 0 Å². The summed E-state index contributed by atoms with van der Waals surface area (Å²) in [6.07, 6.45) is 1.50. The standard InChI is InChI=1S/C11H20O4/c1-7-8(2)10(14-9(7)3)5-6-11(12)15-13-4/h7-10H,5-6H2,1-4H3. The number of carbonyl (C=O) groups is 1. The molecule has 4 atom stereocenters. The summed E-state index contributed by atoms with van der Waals surface area (Å²) in [6, 6.07) is 0. The molecule has 88 valence electrons. The first-order valence-corrected chi connectivity index (χ1v) is 5.45. The summed E-state index contributed by atoms with van der Waals surface area (Å²) in [6.45, 7) is 6.43. The van der Waals surface area contributed by atoms with Gasteiger partial charge < -0.3 is 4.74 Å². The van der Waals surface area contributed by atoms with Gasteiger partial charge >= 0.3 is 5.97 Å². The lowest BCUT2D eigenvalue weighted by Crippen LogP contribution is -2.18. The SMILES string of the molecule is COOC(=O)CCC1OC(C)C(C)C1C. The van der Waals surface area contributed by atoms with Gasteiger partial charge in [-0.05, 0) is 25.2 Å². The van der Waals surface area contributed by atoms with Gasteiger partial charge in [0.05, 0.1) is 25.7 Å². The molecule has 1 saturated heterocycles. The van der Waals surface area contributed by atoms with Crippen molar-refractivity contribution in [2.45, 2.75) is 45.8 Å². The maximum absolute atomic E-state index is 11.1. The Labute approximate surface area is 90.8 Å². The van der Waals surface area contributed by atoms with Crippen molar-refractivity contribution < 1.29 is 19.3 Å². The molecule has 0 N–H and O–H groups in total. The van der Waals surface area contributed by atoms with Crippen molar-refractivity contribution in [2.24, 2.45) is 11.8 Å². The highest BCUT2D eigenvalue weighted by atomic mass is 17.2. The molecule has 1 aliphatic heterocycles. The normalized spacial score (nSPS) is 35.5. The van der Waals surface area contributed by atoms with Crippen LogP contribution in [0.25, 0.3) is 0 Å². The monoisotopic (exact) mass is 216 g/mol. The smallest absolute Gasteiger partial charge is 0.342 e. The molecule has 1 heterocycles. The molecule has 1 aliphatic rings. The minimum Gasteiger partial charge on any atom is -0.375 e. The largest absolute Gasteiger partial charge is 0.375 e. The molecule has 0 radical (unpaired) electrons. The molecule has 0 aliphatic carbocycles. The van der Waals surface area contributed by atoms with Gasteiger partial charge in [-0.3, -0.25) is 4.89 Å². The highest BCUT2D eigenvalue weighted by Gasteiger charge is 2.36. The van der Waals surface area contributed by atoms with E-state index in [0.717, 1.165) is 0 Å². The summed E-state index contributed by atoms with van der Waals surface area (Å²) >= 11 is 0. The van der Waals surface area contributed by atoms with Gasteiger partial charge in [-0.2, -0.15) is 4.89 Å². The molecule has 1 fully saturated rings. The average Bonchev–Trinajstić information content (AvgIpc) is 2.43. The third-order valence-corrected chi connectivity index (χ3v) is 3.35.